The van der Waals surface area contributed by atoms with Crippen molar-refractivity contribution < 1.29 is 9.18 Å². The third kappa shape index (κ3) is 2.81. The zero-order valence-corrected chi connectivity index (χ0v) is 11.5. The van der Waals surface area contributed by atoms with E-state index in [4.69, 9.17) is 5.26 Å². The molecule has 1 aromatic carbocycles. The number of rotatable bonds is 4. The fourth-order valence-electron chi connectivity index (χ4n) is 2.68. The molecule has 20 heavy (non-hydrogen) atoms. The van der Waals surface area contributed by atoms with E-state index in [2.05, 4.69) is 10.6 Å². The molecule has 1 fully saturated rings. The summed E-state index contributed by atoms with van der Waals surface area (Å²) in [7, 11) is 0. The topological polar surface area (TPSA) is 64.9 Å². The first kappa shape index (κ1) is 14.5. The fraction of sp³-hybridized carbons (Fsp3) is 0.467. The van der Waals surface area contributed by atoms with Crippen LogP contribution in [0.5, 0.6) is 0 Å². The van der Waals surface area contributed by atoms with Crippen LogP contribution in [-0.4, -0.2) is 19.0 Å². The van der Waals surface area contributed by atoms with Crippen molar-refractivity contribution in [2.75, 3.05) is 18.4 Å². The average molecular weight is 275 g/mol. The Hall–Kier alpha value is -1.93. The lowest BCUT2D eigenvalue weighted by Gasteiger charge is -2.26. The zero-order chi connectivity index (χ0) is 14.6. The van der Waals surface area contributed by atoms with Crippen LogP contribution in [0.3, 0.4) is 0 Å². The highest BCUT2D eigenvalue weighted by atomic mass is 19.1. The molecule has 0 aromatic heterocycles. The minimum absolute atomic E-state index is 0.136. The summed E-state index contributed by atoms with van der Waals surface area (Å²) in [5.41, 5.74) is -0.0718. The van der Waals surface area contributed by atoms with Crippen molar-refractivity contribution in [1.29, 1.82) is 5.26 Å². The van der Waals surface area contributed by atoms with Gasteiger partial charge in [-0.15, -0.1) is 0 Å². The maximum Gasteiger partial charge on any atom is 0.232 e. The van der Waals surface area contributed by atoms with Gasteiger partial charge in [-0.25, -0.2) is 4.39 Å². The lowest BCUT2D eigenvalue weighted by atomic mass is 9.81. The molecule has 1 atom stereocenters. The normalized spacial score (nSPS) is 21.4. The van der Waals surface area contributed by atoms with Crippen LogP contribution in [0.25, 0.3) is 0 Å². The van der Waals surface area contributed by atoms with Crippen LogP contribution in [0.4, 0.5) is 10.1 Å². The molecule has 2 N–H and O–H groups in total. The molecule has 1 heterocycles. The van der Waals surface area contributed by atoms with E-state index in [0.717, 1.165) is 31.9 Å². The molecule has 0 saturated carbocycles. The molecule has 5 heteroatoms. The molecule has 1 aromatic rings. The molecule has 1 aliphatic rings. The van der Waals surface area contributed by atoms with Gasteiger partial charge >= 0.3 is 0 Å². The van der Waals surface area contributed by atoms with E-state index in [1.807, 2.05) is 13.0 Å². The van der Waals surface area contributed by atoms with Crippen LogP contribution in [0.1, 0.15) is 31.7 Å². The number of hydrogen-bond acceptors (Lipinski definition) is 3. The lowest BCUT2D eigenvalue weighted by molar-refractivity contribution is -0.125. The fourth-order valence-corrected chi connectivity index (χ4v) is 2.68. The molecular formula is C15H18FN3O. The number of amides is 1. The predicted molar refractivity (Wildman–Crippen MR) is 74.6 cm³/mol. The van der Waals surface area contributed by atoms with Crippen molar-refractivity contribution in [3.05, 3.63) is 29.6 Å². The van der Waals surface area contributed by atoms with E-state index in [9.17, 15) is 9.18 Å². The van der Waals surface area contributed by atoms with E-state index in [1.165, 1.54) is 12.1 Å². The number of anilines is 1. The first-order chi connectivity index (χ1) is 9.61. The number of carbonyl (C=O) groups is 1. The summed E-state index contributed by atoms with van der Waals surface area (Å²) in [5.74, 6) is -0.719. The highest BCUT2D eigenvalue weighted by Gasteiger charge is 2.40. The molecule has 1 aliphatic heterocycles. The Morgan fingerprint density at radius 1 is 1.60 bits per heavy atom. The summed E-state index contributed by atoms with van der Waals surface area (Å²) in [4.78, 5) is 12.5. The van der Waals surface area contributed by atoms with Crippen molar-refractivity contribution in [2.24, 2.45) is 5.41 Å². The molecular weight excluding hydrogens is 257 g/mol. The second-order valence-electron chi connectivity index (χ2n) is 5.22. The monoisotopic (exact) mass is 275 g/mol. The summed E-state index contributed by atoms with van der Waals surface area (Å²) in [6.07, 6.45) is 2.46. The van der Waals surface area contributed by atoms with Gasteiger partial charge in [0.25, 0.3) is 0 Å². The molecule has 0 spiro atoms. The summed E-state index contributed by atoms with van der Waals surface area (Å²) >= 11 is 0. The van der Waals surface area contributed by atoms with Gasteiger partial charge in [0.05, 0.1) is 22.7 Å². The Morgan fingerprint density at radius 3 is 2.95 bits per heavy atom. The first-order valence-corrected chi connectivity index (χ1v) is 6.83. The van der Waals surface area contributed by atoms with Gasteiger partial charge < -0.3 is 10.6 Å². The largest absolute Gasteiger partial charge is 0.323 e. The third-order valence-electron chi connectivity index (χ3n) is 3.80. The van der Waals surface area contributed by atoms with Gasteiger partial charge in [-0.2, -0.15) is 5.26 Å². The number of nitrogens with one attached hydrogen (secondary N) is 2. The second kappa shape index (κ2) is 6.02. The predicted octanol–water partition coefficient (Wildman–Crippen LogP) is 2.42. The van der Waals surface area contributed by atoms with E-state index < -0.39 is 11.2 Å². The SMILES string of the molecule is CCCC1(C(=O)Nc2ccc(C#N)cc2F)CCNC1. The summed E-state index contributed by atoms with van der Waals surface area (Å²) < 4.78 is 13.8. The van der Waals surface area contributed by atoms with Gasteiger partial charge in [0.1, 0.15) is 5.82 Å². The number of nitrogens with zero attached hydrogens (tertiary/aromatic N) is 1. The Morgan fingerprint density at radius 2 is 2.40 bits per heavy atom. The highest BCUT2D eigenvalue weighted by molar-refractivity contribution is 5.95. The molecule has 1 amide bonds. The quantitative estimate of drug-likeness (QED) is 0.887. The van der Waals surface area contributed by atoms with Crippen LogP contribution in [0.15, 0.2) is 18.2 Å². The van der Waals surface area contributed by atoms with Gasteiger partial charge in [-0.05, 0) is 37.6 Å². The summed E-state index contributed by atoms with van der Waals surface area (Å²) in [5, 5.41) is 14.6. The van der Waals surface area contributed by atoms with Gasteiger partial charge in [0, 0.05) is 6.54 Å². The first-order valence-electron chi connectivity index (χ1n) is 6.83. The average Bonchev–Trinajstić information content (AvgIpc) is 2.91. The third-order valence-corrected chi connectivity index (χ3v) is 3.80. The van der Waals surface area contributed by atoms with Gasteiger partial charge in [0.2, 0.25) is 5.91 Å². The van der Waals surface area contributed by atoms with Crippen molar-refractivity contribution >= 4 is 11.6 Å². The minimum Gasteiger partial charge on any atom is -0.323 e. The Bertz CT molecular complexity index is 545. The van der Waals surface area contributed by atoms with E-state index >= 15 is 0 Å². The van der Waals surface area contributed by atoms with E-state index in [0.29, 0.717) is 6.54 Å². The molecule has 1 unspecified atom stereocenters. The maximum atomic E-state index is 13.8. The molecule has 106 valence electrons. The second-order valence-corrected chi connectivity index (χ2v) is 5.22. The Kier molecular flexibility index (Phi) is 4.35. The molecule has 0 radical (unpaired) electrons. The Labute approximate surface area is 118 Å². The van der Waals surface area contributed by atoms with Crippen LogP contribution in [0.2, 0.25) is 0 Å². The van der Waals surface area contributed by atoms with Gasteiger partial charge in [0.15, 0.2) is 0 Å². The van der Waals surface area contributed by atoms with Crippen molar-refractivity contribution in [2.45, 2.75) is 26.2 Å². The van der Waals surface area contributed by atoms with Crippen molar-refractivity contribution in [1.82, 2.24) is 5.32 Å². The number of halogens is 1. The molecule has 4 nitrogen and oxygen atoms in total. The van der Waals surface area contributed by atoms with Crippen LogP contribution in [-0.2, 0) is 4.79 Å². The molecule has 1 saturated heterocycles. The zero-order valence-electron chi connectivity index (χ0n) is 11.5. The van der Waals surface area contributed by atoms with Crippen molar-refractivity contribution in [3.8, 4) is 6.07 Å². The Balaban J connectivity index is 2.16. The smallest absolute Gasteiger partial charge is 0.232 e. The number of nitriles is 1. The number of hydrogen-bond donors (Lipinski definition) is 2. The number of benzene rings is 1. The van der Waals surface area contributed by atoms with Gasteiger partial charge in [-0.1, -0.05) is 13.3 Å². The van der Waals surface area contributed by atoms with E-state index in [-0.39, 0.29) is 17.2 Å². The molecule has 2 rings (SSSR count). The molecule has 0 aliphatic carbocycles. The van der Waals surface area contributed by atoms with Gasteiger partial charge in [-0.3, -0.25) is 4.79 Å². The standard InChI is InChI=1S/C15H18FN3O/c1-2-5-15(6-7-18-10-15)14(20)19-13-4-3-11(9-17)8-12(13)16/h3-4,8,18H,2,5-7,10H2,1H3,(H,19,20). The minimum atomic E-state index is -0.574. The highest BCUT2D eigenvalue weighted by Crippen LogP contribution is 2.33. The van der Waals surface area contributed by atoms with Crippen LogP contribution >= 0.6 is 0 Å². The lowest BCUT2D eigenvalue weighted by Crippen LogP contribution is -2.38. The number of carbonyl (C=O) groups excluding carboxylic acids is 1. The van der Waals surface area contributed by atoms with Crippen molar-refractivity contribution in [3.63, 3.8) is 0 Å². The summed E-state index contributed by atoms with van der Waals surface area (Å²) in [6.45, 7) is 3.48. The van der Waals surface area contributed by atoms with E-state index in [1.54, 1.807) is 0 Å². The summed E-state index contributed by atoms with van der Waals surface area (Å²) in [6, 6.07) is 5.94. The van der Waals surface area contributed by atoms with Crippen LogP contribution < -0.4 is 10.6 Å². The molecule has 0 bridgehead atoms. The van der Waals surface area contributed by atoms with Crippen LogP contribution in [0, 0.1) is 22.6 Å². The maximum absolute atomic E-state index is 13.8.